The molecule has 0 bridgehead atoms. The molecule has 0 unspecified atom stereocenters. The van der Waals surface area contributed by atoms with E-state index in [9.17, 15) is 12.6 Å². The van der Waals surface area contributed by atoms with Crippen LogP contribution < -0.4 is 0 Å². The lowest BCUT2D eigenvalue weighted by Crippen LogP contribution is -2.04. The fourth-order valence-electron chi connectivity index (χ4n) is 1.19. The van der Waals surface area contributed by atoms with Gasteiger partial charge in [-0.15, -0.1) is 0 Å². The Balaban J connectivity index is 3.18. The van der Waals surface area contributed by atoms with Crippen LogP contribution in [0.1, 0.15) is 13.8 Å². The summed E-state index contributed by atoms with van der Waals surface area (Å²) in [7, 11) is -0.755. The Morgan fingerprint density at radius 2 is 1.53 bits per heavy atom. The smallest absolute Gasteiger partial charge is 0.249 e. The minimum Gasteiger partial charge on any atom is -0.249 e. The predicted molar refractivity (Wildman–Crippen MR) is 70.8 cm³/mol. The lowest BCUT2D eigenvalue weighted by atomic mass is 10.3. The van der Waals surface area contributed by atoms with Crippen LogP contribution in [0.15, 0.2) is 33.5 Å². The summed E-state index contributed by atoms with van der Waals surface area (Å²) >= 11 is 0. The maximum absolute atomic E-state index is 12.1. The van der Waals surface area contributed by atoms with E-state index in [0.29, 0.717) is 17.2 Å². The molecule has 1 aromatic rings. The van der Waals surface area contributed by atoms with E-state index in [1.165, 1.54) is 24.3 Å². The number of rotatable bonds is 4. The Hall–Kier alpha value is -0.590. The summed E-state index contributed by atoms with van der Waals surface area (Å²) in [5, 5.41) is 0. The van der Waals surface area contributed by atoms with Gasteiger partial charge in [0.15, 0.2) is 0 Å². The van der Waals surface area contributed by atoms with Crippen LogP contribution in [0.4, 0.5) is 5.69 Å². The molecule has 0 fully saturated rings. The van der Waals surface area contributed by atoms with Crippen LogP contribution in [-0.2, 0) is 18.8 Å². The maximum Gasteiger partial charge on any atom is 0.261 e. The van der Waals surface area contributed by atoms with E-state index in [1.807, 2.05) is 13.8 Å². The molecule has 0 spiro atoms. The van der Waals surface area contributed by atoms with Crippen molar-refractivity contribution in [2.24, 2.45) is 4.36 Å². The van der Waals surface area contributed by atoms with Gasteiger partial charge in [0.1, 0.15) is 0 Å². The first-order chi connectivity index (χ1) is 7.80. The van der Waals surface area contributed by atoms with Crippen molar-refractivity contribution in [2.75, 3.05) is 11.5 Å². The minimum atomic E-state index is -3.72. The first-order valence-corrected chi connectivity index (χ1v) is 9.24. The van der Waals surface area contributed by atoms with Gasteiger partial charge < -0.3 is 0 Å². The van der Waals surface area contributed by atoms with Crippen molar-refractivity contribution in [3.05, 3.63) is 24.3 Å². The lowest BCUT2D eigenvalue weighted by molar-refractivity contribution is 0.609. The van der Waals surface area contributed by atoms with Crippen molar-refractivity contribution in [1.29, 1.82) is 0 Å². The molecule has 0 aliphatic heterocycles. The van der Waals surface area contributed by atoms with Gasteiger partial charge in [-0.3, -0.25) is 0 Å². The topological polar surface area (TPSA) is 63.6 Å². The van der Waals surface area contributed by atoms with Crippen LogP contribution >= 0.6 is 10.7 Å². The molecule has 4 nitrogen and oxygen atoms in total. The molecule has 7 heteroatoms. The fourth-order valence-corrected chi connectivity index (χ4v) is 3.14. The van der Waals surface area contributed by atoms with Gasteiger partial charge in [0.2, 0.25) is 0 Å². The summed E-state index contributed by atoms with van der Waals surface area (Å²) in [6.45, 7) is 3.62. The SMILES string of the molecule is CCS(=O)(CC)=Nc1ccc(S(=O)(=O)Cl)cc1. The zero-order valence-corrected chi connectivity index (χ0v) is 12.0. The van der Waals surface area contributed by atoms with Crippen molar-refractivity contribution in [1.82, 2.24) is 0 Å². The average Bonchev–Trinajstić information content (AvgIpc) is 2.28. The second-order valence-corrected chi connectivity index (χ2v) is 8.82. The van der Waals surface area contributed by atoms with E-state index in [1.54, 1.807) is 0 Å². The molecule has 1 aromatic carbocycles. The molecule has 1 rings (SSSR count). The Morgan fingerprint density at radius 3 is 1.88 bits per heavy atom. The quantitative estimate of drug-likeness (QED) is 0.802. The van der Waals surface area contributed by atoms with E-state index in [0.717, 1.165) is 0 Å². The number of nitrogens with zero attached hydrogens (tertiary/aromatic N) is 1. The highest BCUT2D eigenvalue weighted by Gasteiger charge is 2.09. The Morgan fingerprint density at radius 1 is 1.06 bits per heavy atom. The Labute approximate surface area is 107 Å². The van der Waals surface area contributed by atoms with Gasteiger partial charge in [-0.2, -0.15) is 4.36 Å². The summed E-state index contributed by atoms with van der Waals surface area (Å²) < 4.78 is 38.2. The second kappa shape index (κ2) is 5.37. The van der Waals surface area contributed by atoms with E-state index in [-0.39, 0.29) is 4.90 Å². The van der Waals surface area contributed by atoms with E-state index in [4.69, 9.17) is 10.7 Å². The molecular formula is C10H14ClNO3S2. The third kappa shape index (κ3) is 3.97. The van der Waals surface area contributed by atoms with Gasteiger partial charge in [-0.1, -0.05) is 13.8 Å². The summed E-state index contributed by atoms with van der Waals surface area (Å²) in [5.41, 5.74) is 0.503. The molecular weight excluding hydrogens is 282 g/mol. The highest BCUT2D eigenvalue weighted by molar-refractivity contribution is 8.13. The van der Waals surface area contributed by atoms with Crippen LogP contribution in [0.25, 0.3) is 0 Å². The van der Waals surface area contributed by atoms with Gasteiger partial charge >= 0.3 is 0 Å². The number of halogens is 1. The lowest BCUT2D eigenvalue weighted by Gasteiger charge is -2.04. The molecule has 0 saturated heterocycles. The average molecular weight is 296 g/mol. The molecule has 17 heavy (non-hydrogen) atoms. The standard InChI is InChI=1S/C10H14ClNO3S2/c1-3-16(13,4-2)12-9-5-7-10(8-6-9)17(11,14)15/h5-8H,3-4H2,1-2H3. The highest BCUT2D eigenvalue weighted by atomic mass is 35.7. The van der Waals surface area contributed by atoms with Gasteiger partial charge in [0, 0.05) is 22.2 Å². The van der Waals surface area contributed by atoms with Crippen LogP contribution in [0.5, 0.6) is 0 Å². The number of hydrogen-bond donors (Lipinski definition) is 0. The molecule has 0 radical (unpaired) electrons. The first-order valence-electron chi connectivity index (χ1n) is 5.08. The van der Waals surface area contributed by atoms with Gasteiger partial charge in [0.05, 0.1) is 20.3 Å². The van der Waals surface area contributed by atoms with Crippen LogP contribution in [-0.4, -0.2) is 24.1 Å². The largest absolute Gasteiger partial charge is 0.261 e. The molecule has 0 amide bonds. The van der Waals surface area contributed by atoms with Crippen molar-refractivity contribution in [3.63, 3.8) is 0 Å². The molecule has 0 heterocycles. The fraction of sp³-hybridized carbons (Fsp3) is 0.400. The number of benzene rings is 1. The normalized spacial score (nSPS) is 12.4. The predicted octanol–water partition coefficient (Wildman–Crippen LogP) is 2.75. The summed E-state index contributed by atoms with van der Waals surface area (Å²) in [5.74, 6) is 0.943. The van der Waals surface area contributed by atoms with Crippen LogP contribution in [0.2, 0.25) is 0 Å². The van der Waals surface area contributed by atoms with Gasteiger partial charge in [-0.05, 0) is 24.3 Å². The van der Waals surface area contributed by atoms with Crippen molar-refractivity contribution in [2.45, 2.75) is 18.7 Å². The second-order valence-electron chi connectivity index (χ2n) is 3.37. The molecule has 0 atom stereocenters. The Bertz CT molecular complexity index is 589. The highest BCUT2D eigenvalue weighted by Crippen LogP contribution is 2.20. The summed E-state index contributed by atoms with van der Waals surface area (Å²) in [4.78, 5) is 0.0117. The zero-order valence-electron chi connectivity index (χ0n) is 9.59. The molecule has 96 valence electrons. The maximum atomic E-state index is 12.1. The Kier molecular flexibility index (Phi) is 4.57. The third-order valence-electron chi connectivity index (χ3n) is 2.29. The third-order valence-corrected chi connectivity index (χ3v) is 6.01. The van der Waals surface area contributed by atoms with Crippen LogP contribution in [0, 0.1) is 0 Å². The van der Waals surface area contributed by atoms with Gasteiger partial charge in [-0.25, -0.2) is 12.6 Å². The molecule has 0 aliphatic carbocycles. The molecule has 0 saturated carbocycles. The number of hydrogen-bond acceptors (Lipinski definition) is 4. The van der Waals surface area contributed by atoms with Crippen molar-refractivity contribution in [3.8, 4) is 0 Å². The van der Waals surface area contributed by atoms with Crippen molar-refractivity contribution >= 4 is 35.1 Å². The first kappa shape index (κ1) is 14.5. The zero-order chi connectivity index (χ0) is 13.1. The summed E-state index contributed by atoms with van der Waals surface area (Å²) in [6, 6.07) is 5.71. The van der Waals surface area contributed by atoms with E-state index < -0.39 is 18.8 Å². The molecule has 0 aliphatic rings. The molecule has 0 aromatic heterocycles. The van der Waals surface area contributed by atoms with Crippen LogP contribution in [0.3, 0.4) is 0 Å². The monoisotopic (exact) mass is 295 g/mol. The van der Waals surface area contributed by atoms with E-state index >= 15 is 0 Å². The summed E-state index contributed by atoms with van der Waals surface area (Å²) in [6.07, 6.45) is 0. The minimum absolute atomic E-state index is 0.0117. The van der Waals surface area contributed by atoms with E-state index in [2.05, 4.69) is 4.36 Å². The van der Waals surface area contributed by atoms with Gasteiger partial charge in [0.25, 0.3) is 9.05 Å². The molecule has 0 N–H and O–H groups in total. The van der Waals surface area contributed by atoms with Crippen molar-refractivity contribution < 1.29 is 12.6 Å².